The molecule has 0 aliphatic heterocycles. The molecule has 0 radical (unpaired) electrons. The average molecular weight is 281 g/mol. The summed E-state index contributed by atoms with van der Waals surface area (Å²) in [6.45, 7) is 9.64. The molecule has 2 N–H and O–H groups in total. The van der Waals surface area contributed by atoms with Crippen molar-refractivity contribution in [1.29, 1.82) is 0 Å². The first kappa shape index (κ1) is 17.0. The number of hydrogen-bond donors (Lipinski definition) is 2. The fourth-order valence-corrected chi connectivity index (χ4v) is 2.03. The third-order valence-corrected chi connectivity index (χ3v) is 2.99. The van der Waals surface area contributed by atoms with Gasteiger partial charge in [0.2, 0.25) is 0 Å². The zero-order valence-corrected chi connectivity index (χ0v) is 13.0. The Bertz CT molecular complexity index is 384. The van der Waals surface area contributed by atoms with Crippen LogP contribution in [0.25, 0.3) is 0 Å². The second kappa shape index (κ2) is 7.62. The van der Waals surface area contributed by atoms with Gasteiger partial charge in [-0.1, -0.05) is 24.6 Å². The van der Waals surface area contributed by atoms with Crippen molar-refractivity contribution >= 4 is 0 Å². The molecule has 1 rings (SSSR count). The first-order valence-corrected chi connectivity index (χ1v) is 7.12. The number of ether oxygens (including phenoxy) is 1. The van der Waals surface area contributed by atoms with Crippen molar-refractivity contribution < 1.29 is 14.9 Å². The maximum atomic E-state index is 10.0. The van der Waals surface area contributed by atoms with Crippen LogP contribution in [0.1, 0.15) is 26.3 Å². The molecule has 0 aromatic heterocycles. The lowest BCUT2D eigenvalue weighted by molar-refractivity contribution is 0.0115. The summed E-state index contributed by atoms with van der Waals surface area (Å²) in [6.07, 6.45) is -0.571. The van der Waals surface area contributed by atoms with Crippen LogP contribution in [0.15, 0.2) is 24.3 Å². The van der Waals surface area contributed by atoms with E-state index in [1.165, 1.54) is 5.56 Å². The first-order valence-electron chi connectivity index (χ1n) is 7.12. The Morgan fingerprint density at radius 2 is 1.85 bits per heavy atom. The molecule has 4 heteroatoms. The van der Waals surface area contributed by atoms with E-state index in [1.807, 2.05) is 43.0 Å². The Morgan fingerprint density at radius 3 is 2.35 bits per heavy atom. The molecule has 0 saturated carbocycles. The molecule has 1 aromatic rings. The third kappa shape index (κ3) is 6.89. The number of aliphatic hydroxyl groups excluding tert-OH is 1. The van der Waals surface area contributed by atoms with Gasteiger partial charge in [0.25, 0.3) is 0 Å². The maximum Gasteiger partial charge on any atom is 0.119 e. The lowest BCUT2D eigenvalue weighted by atomic mass is 10.1. The lowest BCUT2D eigenvalue weighted by Crippen LogP contribution is -2.43. The fourth-order valence-electron chi connectivity index (χ4n) is 2.03. The van der Waals surface area contributed by atoms with Crippen molar-refractivity contribution in [2.24, 2.45) is 0 Å². The van der Waals surface area contributed by atoms with Crippen molar-refractivity contribution in [3.05, 3.63) is 29.8 Å². The number of aryl methyl sites for hydroxylation is 1. The Kier molecular flexibility index (Phi) is 6.46. The number of benzene rings is 1. The Balaban J connectivity index is 2.38. The third-order valence-electron chi connectivity index (χ3n) is 2.99. The van der Waals surface area contributed by atoms with Gasteiger partial charge in [0.15, 0.2) is 0 Å². The van der Waals surface area contributed by atoms with E-state index in [2.05, 4.69) is 0 Å². The second-order valence-corrected chi connectivity index (χ2v) is 5.92. The highest BCUT2D eigenvalue weighted by molar-refractivity contribution is 5.26. The summed E-state index contributed by atoms with van der Waals surface area (Å²) < 4.78 is 5.56. The Hall–Kier alpha value is -1.10. The summed E-state index contributed by atoms with van der Waals surface area (Å²) in [4.78, 5) is 2.02. The summed E-state index contributed by atoms with van der Waals surface area (Å²) in [7, 11) is 0. The Morgan fingerprint density at radius 1 is 1.25 bits per heavy atom. The minimum absolute atomic E-state index is 0.255. The van der Waals surface area contributed by atoms with Crippen LogP contribution in [0.4, 0.5) is 0 Å². The van der Waals surface area contributed by atoms with Crippen LogP contribution in [0.2, 0.25) is 0 Å². The van der Waals surface area contributed by atoms with Crippen molar-refractivity contribution in [2.45, 2.75) is 39.4 Å². The normalized spacial score (nSPS) is 13.6. The van der Waals surface area contributed by atoms with Crippen molar-refractivity contribution in [3.63, 3.8) is 0 Å². The lowest BCUT2D eigenvalue weighted by Gasteiger charge is -2.29. The SMILES string of the molecule is CCN(CC(O)COc1ccc(C)cc1)CC(C)(C)O. The van der Waals surface area contributed by atoms with E-state index in [1.54, 1.807) is 13.8 Å². The molecule has 1 unspecified atom stereocenters. The summed E-state index contributed by atoms with van der Waals surface area (Å²) in [6, 6.07) is 7.76. The van der Waals surface area contributed by atoms with E-state index >= 15 is 0 Å². The van der Waals surface area contributed by atoms with E-state index in [0.29, 0.717) is 13.1 Å². The molecule has 114 valence electrons. The van der Waals surface area contributed by atoms with Crippen molar-refractivity contribution in [1.82, 2.24) is 4.90 Å². The largest absolute Gasteiger partial charge is 0.491 e. The summed E-state index contributed by atoms with van der Waals surface area (Å²) in [5.41, 5.74) is 0.424. The van der Waals surface area contributed by atoms with Crippen LogP contribution < -0.4 is 4.74 Å². The maximum absolute atomic E-state index is 10.0. The highest BCUT2D eigenvalue weighted by atomic mass is 16.5. The zero-order valence-electron chi connectivity index (χ0n) is 13.0. The molecule has 1 aromatic carbocycles. The summed E-state index contributed by atoms with van der Waals surface area (Å²) in [5.74, 6) is 0.764. The van der Waals surface area contributed by atoms with Gasteiger partial charge < -0.3 is 14.9 Å². The van der Waals surface area contributed by atoms with Crippen molar-refractivity contribution in [2.75, 3.05) is 26.2 Å². The number of likely N-dealkylation sites (N-methyl/N-ethyl adjacent to an activating group) is 1. The monoisotopic (exact) mass is 281 g/mol. The molecule has 0 fully saturated rings. The predicted molar refractivity (Wildman–Crippen MR) is 81.1 cm³/mol. The molecular formula is C16H27NO3. The van der Waals surface area contributed by atoms with Gasteiger partial charge in [-0.05, 0) is 39.4 Å². The van der Waals surface area contributed by atoms with Crippen LogP contribution >= 0.6 is 0 Å². The molecule has 0 bridgehead atoms. The molecule has 1 atom stereocenters. The quantitative estimate of drug-likeness (QED) is 0.763. The second-order valence-electron chi connectivity index (χ2n) is 5.92. The van der Waals surface area contributed by atoms with Gasteiger partial charge in [0.1, 0.15) is 18.5 Å². The van der Waals surface area contributed by atoms with Crippen LogP contribution in [0.5, 0.6) is 5.75 Å². The van der Waals surface area contributed by atoms with Crippen LogP contribution in [0.3, 0.4) is 0 Å². The van der Waals surface area contributed by atoms with Gasteiger partial charge in [0, 0.05) is 13.1 Å². The van der Waals surface area contributed by atoms with Gasteiger partial charge in [-0.2, -0.15) is 0 Å². The standard InChI is InChI=1S/C16H27NO3/c1-5-17(12-16(3,4)19)10-14(18)11-20-15-8-6-13(2)7-9-15/h6-9,14,18-19H,5,10-12H2,1-4H3. The van der Waals surface area contributed by atoms with Gasteiger partial charge in [0.05, 0.1) is 5.60 Å². The fraction of sp³-hybridized carbons (Fsp3) is 0.625. The van der Waals surface area contributed by atoms with Gasteiger partial charge in [-0.25, -0.2) is 0 Å². The van der Waals surface area contributed by atoms with Gasteiger partial charge in [-0.15, -0.1) is 0 Å². The molecule has 0 heterocycles. The molecule has 0 spiro atoms. The van der Waals surface area contributed by atoms with Gasteiger partial charge in [-0.3, -0.25) is 4.90 Å². The number of nitrogens with zero attached hydrogens (tertiary/aromatic N) is 1. The highest BCUT2D eigenvalue weighted by Gasteiger charge is 2.19. The van der Waals surface area contributed by atoms with Crippen LogP contribution in [0, 0.1) is 6.92 Å². The van der Waals surface area contributed by atoms with Crippen LogP contribution in [-0.4, -0.2) is 53.1 Å². The van der Waals surface area contributed by atoms with E-state index in [-0.39, 0.29) is 6.61 Å². The molecule has 0 aliphatic rings. The van der Waals surface area contributed by atoms with E-state index < -0.39 is 11.7 Å². The summed E-state index contributed by atoms with van der Waals surface area (Å²) in [5, 5.41) is 19.8. The molecule has 0 aliphatic carbocycles. The van der Waals surface area contributed by atoms with E-state index in [9.17, 15) is 10.2 Å². The summed E-state index contributed by atoms with van der Waals surface area (Å²) >= 11 is 0. The molecule has 0 amide bonds. The topological polar surface area (TPSA) is 52.9 Å². The number of hydrogen-bond acceptors (Lipinski definition) is 4. The van der Waals surface area contributed by atoms with E-state index in [0.717, 1.165) is 12.3 Å². The number of rotatable bonds is 8. The molecular weight excluding hydrogens is 254 g/mol. The predicted octanol–water partition coefficient (Wildman–Crippen LogP) is 1.83. The van der Waals surface area contributed by atoms with Gasteiger partial charge >= 0.3 is 0 Å². The van der Waals surface area contributed by atoms with E-state index in [4.69, 9.17) is 4.74 Å². The van der Waals surface area contributed by atoms with Crippen LogP contribution in [-0.2, 0) is 0 Å². The minimum Gasteiger partial charge on any atom is -0.491 e. The Labute approximate surface area is 122 Å². The zero-order chi connectivity index (χ0) is 15.2. The number of aliphatic hydroxyl groups is 2. The molecule has 4 nitrogen and oxygen atoms in total. The molecule has 0 saturated heterocycles. The molecule has 20 heavy (non-hydrogen) atoms. The minimum atomic E-state index is -0.756. The first-order chi connectivity index (χ1) is 9.30. The smallest absolute Gasteiger partial charge is 0.119 e. The van der Waals surface area contributed by atoms with Crippen molar-refractivity contribution in [3.8, 4) is 5.75 Å². The average Bonchev–Trinajstić information content (AvgIpc) is 2.35. The highest BCUT2D eigenvalue weighted by Crippen LogP contribution is 2.12.